The Bertz CT molecular complexity index is 741. The molecule has 158 valence electrons. The average molecular weight is 399 g/mol. The van der Waals surface area contributed by atoms with Gasteiger partial charge in [-0.3, -0.25) is 9.59 Å². The number of ether oxygens (including phenoxy) is 2. The molecule has 6 aliphatic rings. The quantitative estimate of drug-likeness (QED) is 0.406. The maximum atomic E-state index is 13.5. The van der Waals surface area contributed by atoms with Gasteiger partial charge < -0.3 is 9.47 Å². The molecule has 4 nitrogen and oxygen atoms in total. The van der Waals surface area contributed by atoms with Crippen LogP contribution in [0.4, 0.5) is 0 Å². The van der Waals surface area contributed by atoms with E-state index in [1.165, 1.54) is 27.1 Å². The summed E-state index contributed by atoms with van der Waals surface area (Å²) in [6, 6.07) is 0. The Hall–Kier alpha value is -1.32. The van der Waals surface area contributed by atoms with Crippen molar-refractivity contribution in [2.75, 3.05) is 14.2 Å². The van der Waals surface area contributed by atoms with Crippen LogP contribution in [0.25, 0.3) is 0 Å². The molecule has 0 aromatic carbocycles. The normalized spacial score (nSPS) is 57.2. The Balaban J connectivity index is 1.51. The topological polar surface area (TPSA) is 52.6 Å². The van der Waals surface area contributed by atoms with E-state index in [0.29, 0.717) is 24.7 Å². The molecule has 0 aromatic heterocycles. The predicted octanol–water partition coefficient (Wildman–Crippen LogP) is 4.10. The lowest BCUT2D eigenvalue weighted by atomic mass is 9.45. The number of methoxy groups -OCH3 is 2. The average Bonchev–Trinajstić information content (AvgIpc) is 3.55. The molecule has 12 unspecified atom stereocenters. The molecule has 5 saturated carbocycles. The maximum Gasteiger partial charge on any atom is 0.313 e. The predicted molar refractivity (Wildman–Crippen MR) is 107 cm³/mol. The van der Waals surface area contributed by atoms with Gasteiger partial charge in [0.2, 0.25) is 0 Å². The molecule has 0 saturated heterocycles. The minimum absolute atomic E-state index is 0.162. The summed E-state index contributed by atoms with van der Waals surface area (Å²) in [6.07, 6.45) is 10.0. The molecule has 0 radical (unpaired) electrons. The molecular formula is C25H34O4. The molecule has 29 heavy (non-hydrogen) atoms. The molecule has 0 amide bonds. The second-order valence-electron chi connectivity index (χ2n) is 10.9. The molecule has 0 aliphatic heterocycles. The zero-order valence-electron chi connectivity index (χ0n) is 18.1. The highest BCUT2D eigenvalue weighted by Crippen LogP contribution is 2.82. The van der Waals surface area contributed by atoms with Crippen LogP contribution < -0.4 is 0 Å². The van der Waals surface area contributed by atoms with Crippen LogP contribution in [0.3, 0.4) is 0 Å². The number of fused-ring (bicyclic) bond motifs is 16. The molecule has 6 aliphatic carbocycles. The van der Waals surface area contributed by atoms with Crippen LogP contribution in [0.2, 0.25) is 0 Å². The summed E-state index contributed by atoms with van der Waals surface area (Å²) in [5.41, 5.74) is -1.44. The first-order chi connectivity index (χ1) is 14.0. The van der Waals surface area contributed by atoms with Gasteiger partial charge >= 0.3 is 11.9 Å². The fraction of sp³-hybridized carbons (Fsp3) is 0.840. The van der Waals surface area contributed by atoms with Gasteiger partial charge in [0.05, 0.1) is 25.0 Å². The van der Waals surface area contributed by atoms with Crippen molar-refractivity contribution < 1.29 is 19.1 Å². The smallest absolute Gasteiger partial charge is 0.313 e. The first-order valence-electron chi connectivity index (χ1n) is 11.9. The van der Waals surface area contributed by atoms with Gasteiger partial charge in [0.25, 0.3) is 0 Å². The van der Waals surface area contributed by atoms with Crippen LogP contribution >= 0.6 is 0 Å². The Labute approximate surface area is 173 Å². The van der Waals surface area contributed by atoms with Crippen LogP contribution in [-0.2, 0) is 19.1 Å². The van der Waals surface area contributed by atoms with Gasteiger partial charge in [0, 0.05) is 0 Å². The lowest BCUT2D eigenvalue weighted by Gasteiger charge is -2.56. The third-order valence-corrected chi connectivity index (χ3v) is 11.3. The molecule has 4 heteroatoms. The zero-order valence-corrected chi connectivity index (χ0v) is 18.1. The molecule has 5 fully saturated rings. The summed E-state index contributed by atoms with van der Waals surface area (Å²) in [7, 11) is 3.00. The Morgan fingerprint density at radius 2 is 1.21 bits per heavy atom. The minimum Gasteiger partial charge on any atom is -0.469 e. The SMILES string of the molecule is CCC1(C(=O)OC)C2CC(C3C4CC(C5C6C=CC(C6)C45)C32)C1(CC)C(=O)OC. The number of hydrogen-bond donors (Lipinski definition) is 0. The van der Waals surface area contributed by atoms with E-state index in [-0.39, 0.29) is 23.8 Å². The standard InChI is InChI=1S/C25H34O4/c1-5-24(22(26)28-3)16-11-17(25(24,6-2)23(27)29-4)21-15-10-14(20(16)21)18-12-7-8-13(9-12)19(15)18/h7-8,12-21H,5-6,9-11H2,1-4H3. The fourth-order valence-corrected chi connectivity index (χ4v) is 11.0. The monoisotopic (exact) mass is 398 g/mol. The van der Waals surface area contributed by atoms with Crippen molar-refractivity contribution in [2.24, 2.45) is 70.0 Å². The second-order valence-corrected chi connectivity index (χ2v) is 10.9. The van der Waals surface area contributed by atoms with Gasteiger partial charge in [-0.15, -0.1) is 0 Å². The van der Waals surface area contributed by atoms with Crippen molar-refractivity contribution in [2.45, 2.75) is 46.0 Å². The second kappa shape index (κ2) is 5.68. The highest BCUT2D eigenvalue weighted by Gasteiger charge is 2.83. The number of esters is 2. The number of allylic oxidation sites excluding steroid dienone is 2. The van der Waals surface area contributed by atoms with Gasteiger partial charge in [-0.25, -0.2) is 0 Å². The number of rotatable bonds is 4. The van der Waals surface area contributed by atoms with E-state index in [0.717, 1.165) is 41.9 Å². The Kier molecular flexibility index (Phi) is 3.61. The lowest BCUT2D eigenvalue weighted by Crippen LogP contribution is -2.62. The summed E-state index contributed by atoms with van der Waals surface area (Å²) >= 11 is 0. The van der Waals surface area contributed by atoms with Crippen molar-refractivity contribution in [3.05, 3.63) is 12.2 Å². The molecule has 0 aromatic rings. The first-order valence-corrected chi connectivity index (χ1v) is 11.9. The molecule has 6 rings (SSSR count). The van der Waals surface area contributed by atoms with Crippen molar-refractivity contribution in [3.63, 3.8) is 0 Å². The van der Waals surface area contributed by atoms with E-state index < -0.39 is 10.8 Å². The van der Waals surface area contributed by atoms with E-state index in [4.69, 9.17) is 9.47 Å². The van der Waals surface area contributed by atoms with E-state index in [9.17, 15) is 9.59 Å². The van der Waals surface area contributed by atoms with Crippen molar-refractivity contribution in [3.8, 4) is 0 Å². The van der Waals surface area contributed by atoms with Crippen molar-refractivity contribution in [1.82, 2.24) is 0 Å². The first kappa shape index (κ1) is 18.4. The van der Waals surface area contributed by atoms with E-state index in [1.807, 2.05) is 0 Å². The van der Waals surface area contributed by atoms with Gasteiger partial charge in [-0.1, -0.05) is 26.0 Å². The third-order valence-electron chi connectivity index (χ3n) is 11.3. The van der Waals surface area contributed by atoms with Crippen LogP contribution in [0.5, 0.6) is 0 Å². The lowest BCUT2D eigenvalue weighted by molar-refractivity contribution is -0.198. The highest BCUT2D eigenvalue weighted by molar-refractivity contribution is 5.90. The van der Waals surface area contributed by atoms with Crippen molar-refractivity contribution in [1.29, 1.82) is 0 Å². The third kappa shape index (κ3) is 1.67. The maximum absolute atomic E-state index is 13.5. The molecule has 0 spiro atoms. The highest BCUT2D eigenvalue weighted by atomic mass is 16.5. The Morgan fingerprint density at radius 1 is 0.759 bits per heavy atom. The van der Waals surface area contributed by atoms with Crippen LogP contribution in [0.1, 0.15) is 46.0 Å². The Morgan fingerprint density at radius 3 is 1.59 bits per heavy atom. The van der Waals surface area contributed by atoms with Gasteiger partial charge in [0.1, 0.15) is 0 Å². The minimum atomic E-state index is -0.719. The molecule has 6 bridgehead atoms. The number of hydrogen-bond acceptors (Lipinski definition) is 4. The van der Waals surface area contributed by atoms with E-state index in [2.05, 4.69) is 26.0 Å². The molecule has 0 N–H and O–H groups in total. The van der Waals surface area contributed by atoms with Gasteiger partial charge in [-0.05, 0) is 91.3 Å². The van der Waals surface area contributed by atoms with Gasteiger partial charge in [0.15, 0.2) is 0 Å². The molecule has 0 heterocycles. The molecule has 12 atom stereocenters. The fourth-order valence-electron chi connectivity index (χ4n) is 11.0. The summed E-state index contributed by atoms with van der Waals surface area (Å²) in [6.45, 7) is 4.19. The summed E-state index contributed by atoms with van der Waals surface area (Å²) < 4.78 is 10.9. The molecular weight excluding hydrogens is 364 g/mol. The van der Waals surface area contributed by atoms with Crippen LogP contribution in [0.15, 0.2) is 12.2 Å². The number of carbonyl (C=O) groups is 2. The van der Waals surface area contributed by atoms with E-state index in [1.54, 1.807) is 0 Å². The summed E-state index contributed by atoms with van der Waals surface area (Å²) in [5, 5.41) is 0. The van der Waals surface area contributed by atoms with Crippen LogP contribution in [-0.4, -0.2) is 26.2 Å². The summed E-state index contributed by atoms with van der Waals surface area (Å²) in [5.74, 6) is 6.10. The zero-order chi connectivity index (χ0) is 20.3. The van der Waals surface area contributed by atoms with E-state index >= 15 is 0 Å². The number of carbonyl (C=O) groups excluding carboxylic acids is 2. The van der Waals surface area contributed by atoms with Crippen molar-refractivity contribution >= 4 is 11.9 Å². The van der Waals surface area contributed by atoms with Crippen LogP contribution in [0, 0.1) is 70.0 Å². The largest absolute Gasteiger partial charge is 0.469 e. The summed E-state index contributed by atoms with van der Waals surface area (Å²) in [4.78, 5) is 26.9. The van der Waals surface area contributed by atoms with Gasteiger partial charge in [-0.2, -0.15) is 0 Å².